The van der Waals surface area contributed by atoms with Crippen molar-refractivity contribution in [1.29, 1.82) is 0 Å². The molecule has 4 heteroatoms. The Balaban J connectivity index is 2.61. The van der Waals surface area contributed by atoms with Gasteiger partial charge in [0.1, 0.15) is 5.78 Å². The number of Topliss-reactive ketones (excluding diaryl/α,β-unsaturated/α-hetero) is 1. The van der Waals surface area contributed by atoms with Crippen molar-refractivity contribution >= 4 is 5.78 Å². The van der Waals surface area contributed by atoms with Gasteiger partial charge in [0.25, 0.3) is 0 Å². The zero-order chi connectivity index (χ0) is 9.84. The lowest BCUT2D eigenvalue weighted by Crippen LogP contribution is -2.12. The van der Waals surface area contributed by atoms with Crippen molar-refractivity contribution in [3.05, 3.63) is 11.9 Å². The summed E-state index contributed by atoms with van der Waals surface area (Å²) in [7, 11) is 1.82. The first-order chi connectivity index (χ1) is 6.13. The van der Waals surface area contributed by atoms with Gasteiger partial charge >= 0.3 is 0 Å². The lowest BCUT2D eigenvalue weighted by molar-refractivity contribution is -0.120. The van der Waals surface area contributed by atoms with E-state index < -0.39 is 0 Å². The molecule has 1 unspecified atom stereocenters. The van der Waals surface area contributed by atoms with E-state index in [0.717, 1.165) is 12.1 Å². The van der Waals surface area contributed by atoms with Crippen molar-refractivity contribution in [2.75, 3.05) is 0 Å². The predicted molar refractivity (Wildman–Crippen MR) is 49.2 cm³/mol. The first-order valence-corrected chi connectivity index (χ1v) is 4.49. The summed E-state index contributed by atoms with van der Waals surface area (Å²) >= 11 is 0. The van der Waals surface area contributed by atoms with Gasteiger partial charge < -0.3 is 0 Å². The molecule has 0 bridgehead atoms. The molecule has 0 saturated heterocycles. The van der Waals surface area contributed by atoms with Crippen LogP contribution in [0.2, 0.25) is 0 Å². The molecule has 4 nitrogen and oxygen atoms in total. The third kappa shape index (κ3) is 2.65. The van der Waals surface area contributed by atoms with E-state index in [2.05, 4.69) is 10.3 Å². The molecule has 13 heavy (non-hydrogen) atoms. The molecule has 0 spiro atoms. The molecule has 1 heterocycles. The van der Waals surface area contributed by atoms with Gasteiger partial charge in [-0.25, -0.2) is 0 Å². The molecule has 0 fully saturated rings. The SMILES string of the molecule is CCC(Cc1cn(C)nn1)C(C)=O. The van der Waals surface area contributed by atoms with Gasteiger partial charge in [-0.3, -0.25) is 9.48 Å². The van der Waals surface area contributed by atoms with E-state index in [1.807, 2.05) is 20.2 Å². The average Bonchev–Trinajstić information content (AvgIpc) is 2.46. The summed E-state index contributed by atoms with van der Waals surface area (Å²) in [5.74, 6) is 0.324. The van der Waals surface area contributed by atoms with Crippen LogP contribution >= 0.6 is 0 Å². The van der Waals surface area contributed by atoms with Crippen molar-refractivity contribution < 1.29 is 4.79 Å². The van der Waals surface area contributed by atoms with Gasteiger partial charge in [-0.2, -0.15) is 0 Å². The molecule has 0 aliphatic carbocycles. The molecule has 0 amide bonds. The topological polar surface area (TPSA) is 47.8 Å². The number of aromatic nitrogens is 3. The van der Waals surface area contributed by atoms with Gasteiger partial charge in [0.2, 0.25) is 0 Å². The molecule has 0 radical (unpaired) electrons. The molecule has 1 rings (SSSR count). The second kappa shape index (κ2) is 4.16. The van der Waals surface area contributed by atoms with E-state index in [-0.39, 0.29) is 11.7 Å². The first kappa shape index (κ1) is 9.89. The van der Waals surface area contributed by atoms with Crippen LogP contribution < -0.4 is 0 Å². The third-order valence-electron chi connectivity index (χ3n) is 2.17. The highest BCUT2D eigenvalue weighted by molar-refractivity contribution is 5.78. The van der Waals surface area contributed by atoms with Crippen molar-refractivity contribution in [3.8, 4) is 0 Å². The minimum Gasteiger partial charge on any atom is -0.300 e. The Hall–Kier alpha value is -1.19. The highest BCUT2D eigenvalue weighted by Gasteiger charge is 2.13. The maximum Gasteiger partial charge on any atom is 0.133 e. The Morgan fingerprint density at radius 2 is 2.38 bits per heavy atom. The lowest BCUT2D eigenvalue weighted by Gasteiger charge is -2.07. The molecule has 0 saturated carbocycles. The number of nitrogens with zero attached hydrogens (tertiary/aromatic N) is 3. The van der Waals surface area contributed by atoms with Crippen LogP contribution in [0.4, 0.5) is 0 Å². The van der Waals surface area contributed by atoms with Gasteiger partial charge in [-0.05, 0) is 13.3 Å². The molecule has 0 aliphatic heterocycles. The van der Waals surface area contributed by atoms with Crippen LogP contribution in [0.15, 0.2) is 6.20 Å². The second-order valence-corrected chi connectivity index (χ2v) is 3.30. The zero-order valence-electron chi connectivity index (χ0n) is 8.32. The Morgan fingerprint density at radius 3 is 2.77 bits per heavy atom. The van der Waals surface area contributed by atoms with Crippen LogP contribution in [0, 0.1) is 5.92 Å². The highest BCUT2D eigenvalue weighted by atomic mass is 16.1. The molecule has 0 aromatic carbocycles. The van der Waals surface area contributed by atoms with Crippen molar-refractivity contribution in [1.82, 2.24) is 15.0 Å². The fourth-order valence-electron chi connectivity index (χ4n) is 1.32. The monoisotopic (exact) mass is 181 g/mol. The standard InChI is InChI=1S/C9H15N3O/c1-4-8(7(2)13)5-9-6-12(3)11-10-9/h6,8H,4-5H2,1-3H3. The number of rotatable bonds is 4. The van der Waals surface area contributed by atoms with Crippen molar-refractivity contribution in [2.45, 2.75) is 26.7 Å². The third-order valence-corrected chi connectivity index (χ3v) is 2.17. The summed E-state index contributed by atoms with van der Waals surface area (Å²) in [5.41, 5.74) is 0.893. The number of carbonyl (C=O) groups is 1. The normalized spacial score (nSPS) is 12.8. The molecule has 0 aliphatic rings. The number of aryl methyl sites for hydroxylation is 1. The van der Waals surface area contributed by atoms with E-state index in [1.54, 1.807) is 11.6 Å². The molecule has 0 N–H and O–H groups in total. The fraction of sp³-hybridized carbons (Fsp3) is 0.667. The Morgan fingerprint density at radius 1 is 1.69 bits per heavy atom. The highest BCUT2D eigenvalue weighted by Crippen LogP contribution is 2.10. The summed E-state index contributed by atoms with van der Waals surface area (Å²) in [6.45, 7) is 3.65. The Kier molecular flexibility index (Phi) is 3.17. The predicted octanol–water partition coefficient (Wildman–Crippen LogP) is 0.973. The van der Waals surface area contributed by atoms with E-state index in [1.165, 1.54) is 0 Å². The zero-order valence-corrected chi connectivity index (χ0v) is 8.32. The second-order valence-electron chi connectivity index (χ2n) is 3.30. The largest absolute Gasteiger partial charge is 0.300 e. The Labute approximate surface area is 77.9 Å². The Bertz CT molecular complexity index is 293. The van der Waals surface area contributed by atoms with Crippen LogP contribution in [-0.2, 0) is 18.3 Å². The molecule has 1 atom stereocenters. The van der Waals surface area contributed by atoms with Crippen LogP contribution in [0.5, 0.6) is 0 Å². The smallest absolute Gasteiger partial charge is 0.133 e. The fourth-order valence-corrected chi connectivity index (χ4v) is 1.32. The van der Waals surface area contributed by atoms with Crippen LogP contribution in [0.1, 0.15) is 26.0 Å². The first-order valence-electron chi connectivity index (χ1n) is 4.49. The molecular formula is C9H15N3O. The molecular weight excluding hydrogens is 166 g/mol. The van der Waals surface area contributed by atoms with Crippen LogP contribution in [0.25, 0.3) is 0 Å². The molecule has 1 aromatic rings. The van der Waals surface area contributed by atoms with Gasteiger partial charge in [0, 0.05) is 25.6 Å². The van der Waals surface area contributed by atoms with Gasteiger partial charge in [-0.15, -0.1) is 5.10 Å². The molecule has 1 aromatic heterocycles. The number of hydrogen-bond donors (Lipinski definition) is 0. The number of carbonyl (C=O) groups excluding carboxylic acids is 1. The maximum absolute atomic E-state index is 11.1. The van der Waals surface area contributed by atoms with Gasteiger partial charge in [-0.1, -0.05) is 12.1 Å². The van der Waals surface area contributed by atoms with Crippen LogP contribution in [0.3, 0.4) is 0 Å². The minimum atomic E-state index is 0.0942. The van der Waals surface area contributed by atoms with E-state index in [0.29, 0.717) is 6.42 Å². The lowest BCUT2D eigenvalue weighted by atomic mass is 9.97. The molecule has 72 valence electrons. The average molecular weight is 181 g/mol. The summed E-state index contributed by atoms with van der Waals surface area (Å²) in [6.07, 6.45) is 3.43. The summed E-state index contributed by atoms with van der Waals surface area (Å²) in [4.78, 5) is 11.1. The van der Waals surface area contributed by atoms with Crippen molar-refractivity contribution in [2.24, 2.45) is 13.0 Å². The van der Waals surface area contributed by atoms with Crippen LogP contribution in [-0.4, -0.2) is 20.8 Å². The van der Waals surface area contributed by atoms with E-state index in [9.17, 15) is 4.79 Å². The number of ketones is 1. The summed E-state index contributed by atoms with van der Waals surface area (Å²) in [5, 5.41) is 7.77. The quantitative estimate of drug-likeness (QED) is 0.695. The van der Waals surface area contributed by atoms with Gasteiger partial charge in [0.15, 0.2) is 0 Å². The van der Waals surface area contributed by atoms with Gasteiger partial charge in [0.05, 0.1) is 5.69 Å². The summed E-state index contributed by atoms with van der Waals surface area (Å²) < 4.78 is 1.65. The van der Waals surface area contributed by atoms with E-state index in [4.69, 9.17) is 0 Å². The summed E-state index contributed by atoms with van der Waals surface area (Å²) in [6, 6.07) is 0. The van der Waals surface area contributed by atoms with E-state index >= 15 is 0 Å². The maximum atomic E-state index is 11.1. The minimum absolute atomic E-state index is 0.0942. The van der Waals surface area contributed by atoms with Crippen molar-refractivity contribution in [3.63, 3.8) is 0 Å². The number of hydrogen-bond acceptors (Lipinski definition) is 3.